The van der Waals surface area contributed by atoms with Gasteiger partial charge in [0.05, 0.1) is 17.4 Å². The molecule has 1 N–H and O–H groups in total. The highest BCUT2D eigenvalue weighted by molar-refractivity contribution is 5.91. The summed E-state index contributed by atoms with van der Waals surface area (Å²) in [6.45, 7) is 0. The van der Waals surface area contributed by atoms with Crippen LogP contribution in [0.25, 0.3) is 11.1 Å². The Labute approximate surface area is 169 Å². The normalized spacial score (nSPS) is 15.8. The number of aromatic nitrogens is 3. The standard InChI is InChI=1S/C21H18F4N4O/c1-29-11-14(8-27-29)28-20(30)7-13-2-4-15-16(9-26-10-17(13)15)12-3-5-18(19(22)6-12)21(23,24)25/h3,5-6,8-11,13H,2,4,7H2,1H3,(H,28,30). The molecule has 1 atom stereocenters. The minimum absolute atomic E-state index is 0.0663. The molecular formula is C21H18F4N4O. The second-order valence-electron chi connectivity index (χ2n) is 7.34. The molecule has 0 spiro atoms. The third-order valence-corrected chi connectivity index (χ3v) is 5.28. The molecule has 1 aliphatic rings. The molecule has 1 aliphatic carbocycles. The van der Waals surface area contributed by atoms with Gasteiger partial charge >= 0.3 is 6.18 Å². The number of rotatable bonds is 4. The van der Waals surface area contributed by atoms with Gasteiger partial charge in [-0.25, -0.2) is 4.39 Å². The largest absolute Gasteiger partial charge is 0.419 e. The van der Waals surface area contributed by atoms with Crippen molar-refractivity contribution in [1.82, 2.24) is 14.8 Å². The Bertz CT molecular complexity index is 1110. The number of hydrogen-bond acceptors (Lipinski definition) is 3. The maximum absolute atomic E-state index is 14.0. The molecule has 0 radical (unpaired) electrons. The van der Waals surface area contributed by atoms with Crippen molar-refractivity contribution in [2.45, 2.75) is 31.4 Å². The molecule has 0 fully saturated rings. The topological polar surface area (TPSA) is 59.8 Å². The zero-order valence-electron chi connectivity index (χ0n) is 16.0. The SMILES string of the molecule is Cn1cc(NC(=O)CC2CCc3c(-c4ccc(C(F)(F)F)c(F)c4)cncc32)cn1. The molecule has 2 aromatic heterocycles. The molecule has 0 aliphatic heterocycles. The summed E-state index contributed by atoms with van der Waals surface area (Å²) in [6.07, 6.45) is 3.30. The lowest BCUT2D eigenvalue weighted by Crippen LogP contribution is -2.14. The molecule has 9 heteroatoms. The van der Waals surface area contributed by atoms with Crippen molar-refractivity contribution in [3.05, 3.63) is 65.5 Å². The van der Waals surface area contributed by atoms with E-state index in [1.165, 1.54) is 12.3 Å². The van der Waals surface area contributed by atoms with Gasteiger partial charge in [0, 0.05) is 37.6 Å². The lowest BCUT2D eigenvalue weighted by Gasteiger charge is -2.13. The Hall–Kier alpha value is -3.23. The van der Waals surface area contributed by atoms with Crippen LogP contribution in [-0.4, -0.2) is 20.7 Å². The lowest BCUT2D eigenvalue weighted by molar-refractivity contribution is -0.140. The summed E-state index contributed by atoms with van der Waals surface area (Å²) in [5.74, 6) is -1.54. The van der Waals surface area contributed by atoms with Crippen molar-refractivity contribution in [1.29, 1.82) is 0 Å². The predicted molar refractivity (Wildman–Crippen MR) is 102 cm³/mol. The summed E-state index contributed by atoms with van der Waals surface area (Å²) in [5.41, 5.74) is 2.00. The van der Waals surface area contributed by atoms with Gasteiger partial charge in [-0.3, -0.25) is 14.5 Å². The number of nitrogens with zero attached hydrogens (tertiary/aromatic N) is 3. The number of hydrogen-bond donors (Lipinski definition) is 1. The van der Waals surface area contributed by atoms with Crippen LogP contribution >= 0.6 is 0 Å². The molecule has 1 aromatic carbocycles. The Morgan fingerprint density at radius 1 is 1.27 bits per heavy atom. The highest BCUT2D eigenvalue weighted by atomic mass is 19.4. The lowest BCUT2D eigenvalue weighted by atomic mass is 9.95. The fraction of sp³-hybridized carbons (Fsp3) is 0.286. The summed E-state index contributed by atoms with van der Waals surface area (Å²) in [6, 6.07) is 2.89. The first kappa shape index (κ1) is 20.1. The van der Waals surface area contributed by atoms with Crippen LogP contribution in [0.2, 0.25) is 0 Å². The average molecular weight is 418 g/mol. The Kier molecular flexibility index (Phi) is 5.05. The molecule has 0 bridgehead atoms. The summed E-state index contributed by atoms with van der Waals surface area (Å²) in [5, 5.41) is 6.80. The third-order valence-electron chi connectivity index (χ3n) is 5.28. The van der Waals surface area contributed by atoms with Gasteiger partial charge in [0.15, 0.2) is 0 Å². The molecule has 0 saturated heterocycles. The average Bonchev–Trinajstić information content (AvgIpc) is 3.26. The molecular weight excluding hydrogens is 400 g/mol. The maximum Gasteiger partial charge on any atom is 0.419 e. The van der Waals surface area contributed by atoms with Crippen LogP contribution in [0, 0.1) is 5.82 Å². The van der Waals surface area contributed by atoms with Crippen LogP contribution in [-0.2, 0) is 24.4 Å². The van der Waals surface area contributed by atoms with Crippen LogP contribution in [0.5, 0.6) is 0 Å². The minimum Gasteiger partial charge on any atom is -0.323 e. The number of pyridine rings is 1. The first-order valence-electron chi connectivity index (χ1n) is 9.35. The summed E-state index contributed by atoms with van der Waals surface area (Å²) >= 11 is 0. The summed E-state index contributed by atoms with van der Waals surface area (Å²) in [7, 11) is 1.75. The van der Waals surface area contributed by atoms with E-state index in [0.29, 0.717) is 29.7 Å². The second kappa shape index (κ2) is 7.55. The van der Waals surface area contributed by atoms with Crippen LogP contribution in [0.1, 0.15) is 35.4 Å². The summed E-state index contributed by atoms with van der Waals surface area (Å²) < 4.78 is 54.1. The number of benzene rings is 1. The monoisotopic (exact) mass is 418 g/mol. The van der Waals surface area contributed by atoms with Gasteiger partial charge in [-0.2, -0.15) is 18.3 Å². The number of halogens is 4. The van der Waals surface area contributed by atoms with E-state index in [1.807, 2.05) is 0 Å². The fourth-order valence-corrected chi connectivity index (χ4v) is 3.90. The van der Waals surface area contributed by atoms with Crippen molar-refractivity contribution < 1.29 is 22.4 Å². The van der Waals surface area contributed by atoms with Crippen LogP contribution in [0.3, 0.4) is 0 Å². The van der Waals surface area contributed by atoms with Gasteiger partial charge in [-0.15, -0.1) is 0 Å². The first-order chi connectivity index (χ1) is 14.2. The van der Waals surface area contributed by atoms with E-state index < -0.39 is 17.6 Å². The first-order valence-corrected chi connectivity index (χ1v) is 9.35. The molecule has 1 amide bonds. The number of carbonyl (C=O) groups is 1. The molecule has 156 valence electrons. The van der Waals surface area contributed by atoms with Crippen LogP contribution in [0.4, 0.5) is 23.2 Å². The maximum atomic E-state index is 14.0. The van der Waals surface area contributed by atoms with E-state index in [0.717, 1.165) is 23.3 Å². The van der Waals surface area contributed by atoms with Crippen molar-refractivity contribution in [2.24, 2.45) is 7.05 Å². The smallest absolute Gasteiger partial charge is 0.323 e. The van der Waals surface area contributed by atoms with E-state index in [4.69, 9.17) is 0 Å². The van der Waals surface area contributed by atoms with E-state index >= 15 is 0 Å². The van der Waals surface area contributed by atoms with Gasteiger partial charge in [0.25, 0.3) is 0 Å². The Morgan fingerprint density at radius 3 is 2.73 bits per heavy atom. The fourth-order valence-electron chi connectivity index (χ4n) is 3.90. The quantitative estimate of drug-likeness (QED) is 0.625. The highest BCUT2D eigenvalue weighted by Crippen LogP contribution is 2.41. The van der Waals surface area contributed by atoms with Gasteiger partial charge < -0.3 is 5.32 Å². The van der Waals surface area contributed by atoms with Crippen LogP contribution < -0.4 is 5.32 Å². The number of aryl methyl sites for hydroxylation is 1. The van der Waals surface area contributed by atoms with Gasteiger partial charge in [-0.05, 0) is 47.6 Å². The molecule has 0 saturated carbocycles. The molecule has 1 unspecified atom stereocenters. The van der Waals surface area contributed by atoms with Gasteiger partial charge in [-0.1, -0.05) is 6.07 Å². The van der Waals surface area contributed by atoms with Crippen molar-refractivity contribution in [2.75, 3.05) is 5.32 Å². The van der Waals surface area contributed by atoms with E-state index in [-0.39, 0.29) is 18.2 Å². The number of nitrogens with one attached hydrogen (secondary N) is 1. The molecule has 30 heavy (non-hydrogen) atoms. The zero-order chi connectivity index (χ0) is 21.5. The van der Waals surface area contributed by atoms with E-state index in [9.17, 15) is 22.4 Å². The van der Waals surface area contributed by atoms with E-state index in [1.54, 1.807) is 30.3 Å². The summed E-state index contributed by atoms with van der Waals surface area (Å²) in [4.78, 5) is 16.6. The number of alkyl halides is 3. The molecule has 2 heterocycles. The van der Waals surface area contributed by atoms with Gasteiger partial charge in [0.1, 0.15) is 5.82 Å². The number of amides is 1. The van der Waals surface area contributed by atoms with Crippen molar-refractivity contribution in [3.8, 4) is 11.1 Å². The van der Waals surface area contributed by atoms with Crippen LogP contribution in [0.15, 0.2) is 43.0 Å². The van der Waals surface area contributed by atoms with E-state index in [2.05, 4.69) is 15.4 Å². The zero-order valence-corrected chi connectivity index (χ0v) is 16.0. The van der Waals surface area contributed by atoms with Crippen molar-refractivity contribution in [3.63, 3.8) is 0 Å². The number of carbonyl (C=O) groups excluding carboxylic acids is 1. The minimum atomic E-state index is -4.74. The third kappa shape index (κ3) is 3.92. The molecule has 5 nitrogen and oxygen atoms in total. The number of fused-ring (bicyclic) bond motifs is 1. The highest BCUT2D eigenvalue weighted by Gasteiger charge is 2.34. The van der Waals surface area contributed by atoms with Crippen molar-refractivity contribution >= 4 is 11.6 Å². The molecule has 3 aromatic rings. The second-order valence-corrected chi connectivity index (χ2v) is 7.34. The Morgan fingerprint density at radius 2 is 2.07 bits per heavy atom. The predicted octanol–water partition coefficient (Wildman–Crippen LogP) is 4.70. The van der Waals surface area contributed by atoms with Gasteiger partial charge in [0.2, 0.25) is 5.91 Å². The number of anilines is 1. The molecule has 4 rings (SSSR count). The Balaban J connectivity index is 1.56.